The van der Waals surface area contributed by atoms with Crippen LogP contribution in [-0.4, -0.2) is 27.1 Å². The van der Waals surface area contributed by atoms with E-state index in [0.29, 0.717) is 0 Å². The monoisotopic (exact) mass is 239 g/mol. The second kappa shape index (κ2) is 6.53. The molecule has 1 unspecified atom stereocenters. The van der Waals surface area contributed by atoms with Crippen LogP contribution in [0.15, 0.2) is 24.4 Å². The van der Waals surface area contributed by atoms with Gasteiger partial charge in [-0.2, -0.15) is 0 Å². The number of nitrogens with zero attached hydrogens (tertiary/aromatic N) is 1. The van der Waals surface area contributed by atoms with E-state index >= 15 is 0 Å². The van der Waals surface area contributed by atoms with Gasteiger partial charge in [0.1, 0.15) is 5.25 Å². The second-order valence-electron chi connectivity index (χ2n) is 3.94. The van der Waals surface area contributed by atoms with E-state index in [1.807, 2.05) is 32.0 Å². The number of aromatic nitrogens is 1. The van der Waals surface area contributed by atoms with Crippen molar-refractivity contribution in [1.82, 2.24) is 4.98 Å². The molecule has 4 heteroatoms. The molecule has 0 aliphatic carbocycles. The molecule has 0 spiro atoms. The van der Waals surface area contributed by atoms with Gasteiger partial charge in [0.05, 0.1) is 0 Å². The van der Waals surface area contributed by atoms with Crippen LogP contribution < -0.4 is 0 Å². The van der Waals surface area contributed by atoms with E-state index in [0.717, 1.165) is 17.9 Å². The minimum absolute atomic E-state index is 0.159. The van der Waals surface area contributed by atoms with Crippen LogP contribution in [0.2, 0.25) is 0 Å². The first-order valence-electron chi connectivity index (χ1n) is 5.35. The Bertz CT molecular complexity index is 327. The zero-order valence-corrected chi connectivity index (χ0v) is 10.4. The van der Waals surface area contributed by atoms with Gasteiger partial charge in [-0.15, -0.1) is 11.8 Å². The van der Waals surface area contributed by atoms with E-state index in [1.165, 1.54) is 11.8 Å². The summed E-state index contributed by atoms with van der Waals surface area (Å²) < 4.78 is 0. The minimum atomic E-state index is -0.721. The van der Waals surface area contributed by atoms with E-state index < -0.39 is 5.97 Å². The summed E-state index contributed by atoms with van der Waals surface area (Å²) in [7, 11) is 0. The standard InChI is InChI=1S/C12H17NO2S/c1-9(2)11(12(14)15)16-8-6-10-5-3-4-7-13-10/h3-5,7,9,11H,6,8H2,1-2H3,(H,14,15). The Balaban J connectivity index is 2.37. The second-order valence-corrected chi connectivity index (χ2v) is 5.19. The van der Waals surface area contributed by atoms with Crippen molar-refractivity contribution in [2.45, 2.75) is 25.5 Å². The number of carboxylic acid groups (broad SMARTS) is 1. The summed E-state index contributed by atoms with van der Waals surface area (Å²) in [4.78, 5) is 15.2. The van der Waals surface area contributed by atoms with Gasteiger partial charge in [-0.05, 0) is 30.2 Å². The lowest BCUT2D eigenvalue weighted by molar-refractivity contribution is -0.137. The minimum Gasteiger partial charge on any atom is -0.480 e. The number of thioether (sulfide) groups is 1. The van der Waals surface area contributed by atoms with Crippen LogP contribution in [-0.2, 0) is 11.2 Å². The Morgan fingerprint density at radius 3 is 2.75 bits per heavy atom. The molecule has 1 aromatic rings. The van der Waals surface area contributed by atoms with Gasteiger partial charge in [0.2, 0.25) is 0 Å². The number of pyridine rings is 1. The number of aryl methyl sites for hydroxylation is 1. The number of carboxylic acids is 1. The first kappa shape index (κ1) is 13.0. The molecule has 1 aromatic heterocycles. The van der Waals surface area contributed by atoms with Crippen LogP contribution in [0.4, 0.5) is 0 Å². The van der Waals surface area contributed by atoms with Crippen LogP contribution in [0.5, 0.6) is 0 Å². The average Bonchev–Trinajstić information content (AvgIpc) is 2.24. The van der Waals surface area contributed by atoms with Crippen molar-refractivity contribution < 1.29 is 9.90 Å². The molecule has 0 radical (unpaired) electrons. The smallest absolute Gasteiger partial charge is 0.316 e. The number of carbonyl (C=O) groups is 1. The SMILES string of the molecule is CC(C)C(SCCc1ccccn1)C(=O)O. The summed E-state index contributed by atoms with van der Waals surface area (Å²) in [6.07, 6.45) is 2.58. The average molecular weight is 239 g/mol. The molecule has 0 aliphatic heterocycles. The molecule has 0 saturated carbocycles. The van der Waals surface area contributed by atoms with Crippen molar-refractivity contribution >= 4 is 17.7 Å². The van der Waals surface area contributed by atoms with Crippen molar-refractivity contribution in [3.63, 3.8) is 0 Å². The predicted molar refractivity (Wildman–Crippen MR) is 66.7 cm³/mol. The van der Waals surface area contributed by atoms with Crippen molar-refractivity contribution in [3.8, 4) is 0 Å². The number of hydrogen-bond acceptors (Lipinski definition) is 3. The maximum Gasteiger partial charge on any atom is 0.316 e. The number of hydrogen-bond donors (Lipinski definition) is 1. The van der Waals surface area contributed by atoms with Crippen LogP contribution in [0.3, 0.4) is 0 Å². The Kier molecular flexibility index (Phi) is 5.32. The first-order valence-corrected chi connectivity index (χ1v) is 6.40. The quantitative estimate of drug-likeness (QED) is 0.828. The number of aliphatic carboxylic acids is 1. The van der Waals surface area contributed by atoms with Crippen LogP contribution in [0, 0.1) is 5.92 Å². The Morgan fingerprint density at radius 1 is 1.50 bits per heavy atom. The Morgan fingerprint density at radius 2 is 2.25 bits per heavy atom. The summed E-state index contributed by atoms with van der Waals surface area (Å²) in [5, 5.41) is 8.69. The highest BCUT2D eigenvalue weighted by Gasteiger charge is 2.21. The lowest BCUT2D eigenvalue weighted by Gasteiger charge is -2.15. The van der Waals surface area contributed by atoms with E-state index in [4.69, 9.17) is 5.11 Å². The van der Waals surface area contributed by atoms with Crippen molar-refractivity contribution in [2.75, 3.05) is 5.75 Å². The van der Waals surface area contributed by atoms with Gasteiger partial charge in [0.15, 0.2) is 0 Å². The summed E-state index contributed by atoms with van der Waals surface area (Å²) in [5.41, 5.74) is 1.02. The molecule has 3 nitrogen and oxygen atoms in total. The molecule has 0 aromatic carbocycles. The third-order valence-corrected chi connectivity index (χ3v) is 3.78. The van der Waals surface area contributed by atoms with Crippen molar-refractivity contribution in [1.29, 1.82) is 0 Å². The highest BCUT2D eigenvalue weighted by Crippen LogP contribution is 2.20. The topological polar surface area (TPSA) is 50.2 Å². The summed E-state index contributed by atoms with van der Waals surface area (Å²) >= 11 is 1.49. The van der Waals surface area contributed by atoms with Gasteiger partial charge >= 0.3 is 5.97 Å². The number of rotatable bonds is 6. The van der Waals surface area contributed by atoms with Gasteiger partial charge in [-0.3, -0.25) is 9.78 Å². The highest BCUT2D eigenvalue weighted by molar-refractivity contribution is 8.00. The molecular formula is C12H17NO2S. The van der Waals surface area contributed by atoms with E-state index in [1.54, 1.807) is 6.20 Å². The third-order valence-electron chi connectivity index (χ3n) is 2.23. The summed E-state index contributed by atoms with van der Waals surface area (Å²) in [6.45, 7) is 3.87. The lowest BCUT2D eigenvalue weighted by atomic mass is 10.1. The normalized spacial score (nSPS) is 12.7. The van der Waals surface area contributed by atoms with Crippen LogP contribution in [0.25, 0.3) is 0 Å². The maximum absolute atomic E-state index is 10.9. The predicted octanol–water partition coefficient (Wildman–Crippen LogP) is 2.47. The van der Waals surface area contributed by atoms with E-state index in [2.05, 4.69) is 4.98 Å². The molecule has 1 atom stereocenters. The van der Waals surface area contributed by atoms with Gasteiger partial charge < -0.3 is 5.11 Å². The van der Waals surface area contributed by atoms with Crippen molar-refractivity contribution in [2.24, 2.45) is 5.92 Å². The van der Waals surface area contributed by atoms with Gasteiger partial charge in [0.25, 0.3) is 0 Å². The molecule has 88 valence electrons. The summed E-state index contributed by atoms with van der Waals surface area (Å²) in [5.74, 6) is 0.235. The molecule has 1 rings (SSSR count). The fraction of sp³-hybridized carbons (Fsp3) is 0.500. The molecule has 1 N–H and O–H groups in total. The van der Waals surface area contributed by atoms with Crippen LogP contribution in [0.1, 0.15) is 19.5 Å². The van der Waals surface area contributed by atoms with E-state index in [-0.39, 0.29) is 11.2 Å². The Labute approximate surface area is 100 Å². The molecule has 1 heterocycles. The van der Waals surface area contributed by atoms with Gasteiger partial charge in [-0.25, -0.2) is 0 Å². The molecular weight excluding hydrogens is 222 g/mol. The fourth-order valence-electron chi connectivity index (χ4n) is 1.39. The zero-order valence-electron chi connectivity index (χ0n) is 9.59. The zero-order chi connectivity index (χ0) is 12.0. The highest BCUT2D eigenvalue weighted by atomic mass is 32.2. The third kappa shape index (κ3) is 4.23. The molecule has 0 amide bonds. The van der Waals surface area contributed by atoms with E-state index in [9.17, 15) is 4.79 Å². The van der Waals surface area contributed by atoms with Crippen molar-refractivity contribution in [3.05, 3.63) is 30.1 Å². The molecule has 0 fully saturated rings. The molecule has 0 saturated heterocycles. The molecule has 0 aliphatic rings. The molecule has 16 heavy (non-hydrogen) atoms. The summed E-state index contributed by atoms with van der Waals surface area (Å²) in [6, 6.07) is 5.79. The molecule has 0 bridgehead atoms. The van der Waals surface area contributed by atoms with Crippen LogP contribution >= 0.6 is 11.8 Å². The fourth-order valence-corrected chi connectivity index (χ4v) is 2.49. The van der Waals surface area contributed by atoms with Gasteiger partial charge in [0, 0.05) is 11.9 Å². The maximum atomic E-state index is 10.9. The first-order chi connectivity index (χ1) is 7.61. The lowest BCUT2D eigenvalue weighted by Crippen LogP contribution is -2.23. The van der Waals surface area contributed by atoms with Gasteiger partial charge in [-0.1, -0.05) is 19.9 Å². The largest absolute Gasteiger partial charge is 0.480 e. The Hall–Kier alpha value is -1.03.